The molecule has 0 atom stereocenters. The first-order chi connectivity index (χ1) is 10.3. The van der Waals surface area contributed by atoms with Gasteiger partial charge in [-0.05, 0) is 32.9 Å². The lowest BCUT2D eigenvalue weighted by molar-refractivity contribution is 0.677. The fraction of sp³-hybridized carbons (Fsp3) is 0.389. The molecule has 0 amide bonds. The Balaban J connectivity index is 1.86. The van der Waals surface area contributed by atoms with Gasteiger partial charge in [-0.2, -0.15) is 0 Å². The maximum atomic E-state index is 4.74. The van der Waals surface area contributed by atoms with E-state index in [9.17, 15) is 0 Å². The van der Waals surface area contributed by atoms with Gasteiger partial charge in [0.25, 0.3) is 0 Å². The third kappa shape index (κ3) is 5.44. The van der Waals surface area contributed by atoms with Gasteiger partial charge in [0.2, 0.25) is 0 Å². The van der Waals surface area contributed by atoms with Crippen molar-refractivity contribution in [1.82, 2.24) is 10.3 Å². The van der Waals surface area contributed by atoms with Crippen LogP contribution in [0, 0.1) is 0 Å². The number of rotatable bonds is 8. The lowest BCUT2D eigenvalue weighted by Crippen LogP contribution is -2.15. The van der Waals surface area contributed by atoms with Gasteiger partial charge in [-0.3, -0.25) is 0 Å². The normalized spacial score (nSPS) is 11.8. The minimum absolute atomic E-state index is 0.964. The molecule has 1 heterocycles. The number of hydrogen-bond acceptors (Lipinski definition) is 3. The average molecular weight is 300 g/mol. The van der Waals surface area contributed by atoms with Gasteiger partial charge in [0.15, 0.2) is 0 Å². The van der Waals surface area contributed by atoms with E-state index < -0.39 is 0 Å². The average Bonchev–Trinajstić information content (AvgIpc) is 2.96. The van der Waals surface area contributed by atoms with Crippen molar-refractivity contribution in [2.24, 2.45) is 0 Å². The third-order valence-electron chi connectivity index (χ3n) is 3.29. The second-order valence-electron chi connectivity index (χ2n) is 5.26. The highest BCUT2D eigenvalue weighted by Crippen LogP contribution is 2.23. The first kappa shape index (κ1) is 15.9. The van der Waals surface area contributed by atoms with E-state index >= 15 is 0 Å². The van der Waals surface area contributed by atoms with E-state index in [-0.39, 0.29) is 0 Å². The molecule has 2 rings (SSSR count). The highest BCUT2D eigenvalue weighted by molar-refractivity contribution is 7.10. The molecule has 0 spiro atoms. The number of nitrogens with one attached hydrogen (secondary N) is 1. The second-order valence-corrected chi connectivity index (χ2v) is 6.20. The zero-order valence-corrected chi connectivity index (χ0v) is 13.7. The molecule has 112 valence electrons. The van der Waals surface area contributed by atoms with Crippen LogP contribution in [0.1, 0.15) is 31.7 Å². The minimum atomic E-state index is 0.964. The van der Waals surface area contributed by atoms with E-state index in [0.29, 0.717) is 0 Å². The Labute approximate surface area is 131 Å². The number of allylic oxidation sites excluding steroid dienone is 1. The Morgan fingerprint density at radius 1 is 1.24 bits per heavy atom. The molecule has 1 aromatic carbocycles. The zero-order valence-electron chi connectivity index (χ0n) is 12.9. The lowest BCUT2D eigenvalue weighted by atomic mass is 10.1. The number of hydrogen-bond donors (Lipinski definition) is 1. The Hall–Kier alpha value is -1.45. The van der Waals surface area contributed by atoms with Crippen LogP contribution in [0.5, 0.6) is 0 Å². The van der Waals surface area contributed by atoms with Crippen molar-refractivity contribution in [3.05, 3.63) is 52.4 Å². The Bertz CT molecular complexity index is 558. The quantitative estimate of drug-likeness (QED) is 0.565. The molecule has 0 bridgehead atoms. The van der Waals surface area contributed by atoms with Gasteiger partial charge in [-0.25, -0.2) is 4.98 Å². The molecule has 0 radical (unpaired) electrons. The maximum absolute atomic E-state index is 4.74. The number of aromatic nitrogens is 1. The van der Waals surface area contributed by atoms with Crippen molar-refractivity contribution in [3.8, 4) is 11.3 Å². The van der Waals surface area contributed by atoms with Gasteiger partial charge in [-0.15, -0.1) is 11.3 Å². The van der Waals surface area contributed by atoms with Gasteiger partial charge in [0.05, 0.1) is 10.7 Å². The molecular weight excluding hydrogens is 276 g/mol. The van der Waals surface area contributed by atoms with Crippen LogP contribution >= 0.6 is 11.3 Å². The van der Waals surface area contributed by atoms with Crippen LogP contribution < -0.4 is 5.32 Å². The standard InChI is InChI=1S/C18H24N2S/c1-3-11-19-12-7-8-15(2)13-18-20-17(14-21-18)16-9-5-4-6-10-16/h4-6,8-10,14,19H,3,7,11-13H2,1-2H3. The summed E-state index contributed by atoms with van der Waals surface area (Å²) in [6.07, 6.45) is 5.59. The van der Waals surface area contributed by atoms with Crippen molar-refractivity contribution in [1.29, 1.82) is 0 Å². The maximum Gasteiger partial charge on any atom is 0.0973 e. The van der Waals surface area contributed by atoms with E-state index in [1.165, 1.54) is 22.6 Å². The van der Waals surface area contributed by atoms with Crippen molar-refractivity contribution in [2.75, 3.05) is 13.1 Å². The summed E-state index contributed by atoms with van der Waals surface area (Å²) in [6.45, 7) is 6.57. The predicted octanol–water partition coefficient (Wildman–Crippen LogP) is 4.69. The van der Waals surface area contributed by atoms with Crippen molar-refractivity contribution in [2.45, 2.75) is 33.1 Å². The van der Waals surface area contributed by atoms with E-state index in [1.54, 1.807) is 11.3 Å². The molecule has 0 aliphatic rings. The summed E-state index contributed by atoms with van der Waals surface area (Å²) in [4.78, 5) is 4.74. The molecule has 0 fully saturated rings. The van der Waals surface area contributed by atoms with Gasteiger partial charge in [0.1, 0.15) is 0 Å². The van der Waals surface area contributed by atoms with Crippen LogP contribution in [-0.2, 0) is 6.42 Å². The van der Waals surface area contributed by atoms with Crippen LogP contribution in [0.3, 0.4) is 0 Å². The van der Waals surface area contributed by atoms with Crippen molar-refractivity contribution < 1.29 is 0 Å². The largest absolute Gasteiger partial charge is 0.316 e. The van der Waals surface area contributed by atoms with Gasteiger partial charge < -0.3 is 5.32 Å². The van der Waals surface area contributed by atoms with E-state index in [0.717, 1.165) is 31.6 Å². The molecule has 3 heteroatoms. The van der Waals surface area contributed by atoms with E-state index in [4.69, 9.17) is 4.98 Å². The van der Waals surface area contributed by atoms with E-state index in [2.05, 4.69) is 54.9 Å². The van der Waals surface area contributed by atoms with Crippen LogP contribution in [0.25, 0.3) is 11.3 Å². The first-order valence-electron chi connectivity index (χ1n) is 7.65. The zero-order chi connectivity index (χ0) is 14.9. The van der Waals surface area contributed by atoms with Gasteiger partial charge in [0, 0.05) is 17.4 Å². The highest BCUT2D eigenvalue weighted by Gasteiger charge is 2.04. The number of thiazole rings is 1. The van der Waals surface area contributed by atoms with Crippen LogP contribution in [0.2, 0.25) is 0 Å². The summed E-state index contributed by atoms with van der Waals surface area (Å²) < 4.78 is 0. The van der Waals surface area contributed by atoms with Crippen molar-refractivity contribution >= 4 is 11.3 Å². The second kappa shape index (κ2) is 8.75. The van der Waals surface area contributed by atoms with Crippen LogP contribution in [0.15, 0.2) is 47.4 Å². The van der Waals surface area contributed by atoms with Crippen LogP contribution in [0.4, 0.5) is 0 Å². The molecule has 1 N–H and O–H groups in total. The molecule has 0 unspecified atom stereocenters. The fourth-order valence-corrected chi connectivity index (χ4v) is 3.07. The number of benzene rings is 1. The first-order valence-corrected chi connectivity index (χ1v) is 8.53. The predicted molar refractivity (Wildman–Crippen MR) is 92.8 cm³/mol. The minimum Gasteiger partial charge on any atom is -0.316 e. The molecule has 1 aromatic heterocycles. The molecule has 21 heavy (non-hydrogen) atoms. The van der Waals surface area contributed by atoms with Gasteiger partial charge >= 0.3 is 0 Å². The van der Waals surface area contributed by atoms with E-state index in [1.807, 2.05) is 6.07 Å². The molecule has 0 saturated carbocycles. The summed E-state index contributed by atoms with van der Waals surface area (Å²) in [5, 5.41) is 6.77. The fourth-order valence-electron chi connectivity index (χ4n) is 2.17. The SMILES string of the molecule is CCCNCCC=C(C)Cc1nc(-c2ccccc2)cs1. The molecule has 0 saturated heterocycles. The topological polar surface area (TPSA) is 24.9 Å². The smallest absolute Gasteiger partial charge is 0.0973 e. The monoisotopic (exact) mass is 300 g/mol. The highest BCUT2D eigenvalue weighted by atomic mass is 32.1. The van der Waals surface area contributed by atoms with Gasteiger partial charge in [-0.1, -0.05) is 48.9 Å². The molecule has 2 aromatic rings. The third-order valence-corrected chi connectivity index (χ3v) is 4.14. The summed E-state index contributed by atoms with van der Waals surface area (Å²) >= 11 is 1.75. The summed E-state index contributed by atoms with van der Waals surface area (Å²) in [5.74, 6) is 0. The Kier molecular flexibility index (Phi) is 6.64. The lowest BCUT2D eigenvalue weighted by Gasteiger charge is -2.01. The molecule has 2 nitrogen and oxygen atoms in total. The summed E-state index contributed by atoms with van der Waals surface area (Å²) in [6, 6.07) is 10.4. The molecular formula is C18H24N2S. The summed E-state index contributed by atoms with van der Waals surface area (Å²) in [5.41, 5.74) is 3.70. The Morgan fingerprint density at radius 2 is 2.05 bits per heavy atom. The number of nitrogens with zero attached hydrogens (tertiary/aromatic N) is 1. The molecule has 0 aliphatic heterocycles. The van der Waals surface area contributed by atoms with Crippen molar-refractivity contribution in [3.63, 3.8) is 0 Å². The Morgan fingerprint density at radius 3 is 2.81 bits per heavy atom. The van der Waals surface area contributed by atoms with Crippen LogP contribution in [-0.4, -0.2) is 18.1 Å². The summed E-state index contributed by atoms with van der Waals surface area (Å²) in [7, 11) is 0. The molecule has 0 aliphatic carbocycles.